The summed E-state index contributed by atoms with van der Waals surface area (Å²) in [6, 6.07) is 11.9. The largest absolute Gasteiger partial charge is 0.491 e. The Morgan fingerprint density at radius 3 is 2.59 bits per heavy atom. The molecule has 9 heteroatoms. The van der Waals surface area contributed by atoms with E-state index in [0.717, 1.165) is 10.9 Å². The van der Waals surface area contributed by atoms with Gasteiger partial charge in [0.2, 0.25) is 0 Å². The van der Waals surface area contributed by atoms with Gasteiger partial charge < -0.3 is 10.8 Å². The zero-order valence-corrected chi connectivity index (χ0v) is 14.5. The molecule has 0 saturated heterocycles. The third kappa shape index (κ3) is 3.13. The van der Waals surface area contributed by atoms with E-state index < -0.39 is 11.9 Å². The summed E-state index contributed by atoms with van der Waals surface area (Å²) in [5.41, 5.74) is 8.09. The van der Waals surface area contributed by atoms with Crippen LogP contribution in [0.25, 0.3) is 33.4 Å². The van der Waals surface area contributed by atoms with Crippen LogP contribution in [-0.4, -0.2) is 31.3 Å². The molecule has 0 spiro atoms. The van der Waals surface area contributed by atoms with Gasteiger partial charge in [0.1, 0.15) is 5.69 Å². The monoisotopic (exact) mass is 380 g/mol. The van der Waals surface area contributed by atoms with Crippen LogP contribution in [-0.2, 0) is 0 Å². The molecule has 4 rings (SSSR count). The molecule has 0 radical (unpaired) electrons. The molecule has 134 valence electrons. The first kappa shape index (κ1) is 16.8. The van der Waals surface area contributed by atoms with E-state index in [9.17, 15) is 9.90 Å². The van der Waals surface area contributed by atoms with Crippen LogP contribution in [0.15, 0.2) is 48.7 Å². The lowest BCUT2D eigenvalue weighted by Crippen LogP contribution is -2.20. The van der Waals surface area contributed by atoms with E-state index in [-0.39, 0.29) is 5.82 Å². The Hall–Kier alpha value is -3.65. The molecule has 0 atom stereocenters. The fourth-order valence-electron chi connectivity index (χ4n) is 2.78. The van der Waals surface area contributed by atoms with E-state index in [1.165, 1.54) is 0 Å². The number of halogens is 1. The number of aromatic hydroxyl groups is 1. The zero-order chi connectivity index (χ0) is 19.0. The van der Waals surface area contributed by atoms with E-state index in [4.69, 9.17) is 17.3 Å². The van der Waals surface area contributed by atoms with Crippen molar-refractivity contribution in [2.24, 2.45) is 5.73 Å². The second-order valence-corrected chi connectivity index (χ2v) is 6.15. The number of fused-ring (bicyclic) bond motifs is 1. The Labute approximate surface area is 158 Å². The Bertz CT molecular complexity index is 1160. The summed E-state index contributed by atoms with van der Waals surface area (Å²) in [6.45, 7) is 0. The minimum atomic E-state index is -0.853. The van der Waals surface area contributed by atoms with Gasteiger partial charge in [-0.1, -0.05) is 41.9 Å². The number of benzene rings is 2. The summed E-state index contributed by atoms with van der Waals surface area (Å²) in [6.07, 6.45) is 1.64. The van der Waals surface area contributed by atoms with Crippen molar-refractivity contribution in [3.63, 3.8) is 0 Å². The second-order valence-electron chi connectivity index (χ2n) is 5.74. The lowest BCUT2D eigenvalue weighted by atomic mass is 10.0. The number of nitrogens with one attached hydrogen (secondary N) is 2. The Kier molecular flexibility index (Phi) is 4.09. The predicted octanol–water partition coefficient (Wildman–Crippen LogP) is 3.54. The van der Waals surface area contributed by atoms with Crippen LogP contribution < -0.4 is 11.1 Å². The fourth-order valence-corrected chi connectivity index (χ4v) is 3.05. The van der Waals surface area contributed by atoms with E-state index in [2.05, 4.69) is 25.5 Å². The van der Waals surface area contributed by atoms with Gasteiger partial charge >= 0.3 is 6.03 Å². The number of anilines is 1. The first-order valence-electron chi connectivity index (χ1n) is 7.89. The van der Waals surface area contributed by atoms with Crippen molar-refractivity contribution >= 4 is 34.4 Å². The maximum absolute atomic E-state index is 11.2. The van der Waals surface area contributed by atoms with Crippen LogP contribution in [0, 0.1) is 0 Å². The normalized spacial score (nSPS) is 10.9. The lowest BCUT2D eigenvalue weighted by Gasteiger charge is -2.12. The summed E-state index contributed by atoms with van der Waals surface area (Å²) in [7, 11) is 0. The highest BCUT2D eigenvalue weighted by molar-refractivity contribution is 6.35. The van der Waals surface area contributed by atoms with Gasteiger partial charge in [-0.2, -0.15) is 5.10 Å². The minimum absolute atomic E-state index is 0.124. The summed E-state index contributed by atoms with van der Waals surface area (Å²) < 4.78 is 0. The van der Waals surface area contributed by atoms with Gasteiger partial charge in [-0.3, -0.25) is 10.4 Å². The Morgan fingerprint density at radius 1 is 1.11 bits per heavy atom. The van der Waals surface area contributed by atoms with Crippen LogP contribution in [0.1, 0.15) is 0 Å². The minimum Gasteiger partial charge on any atom is -0.491 e. The number of amides is 2. The number of aromatic nitrogens is 4. The van der Waals surface area contributed by atoms with Crippen molar-refractivity contribution in [3.8, 4) is 28.4 Å². The van der Waals surface area contributed by atoms with Gasteiger partial charge in [-0.05, 0) is 12.1 Å². The molecule has 0 aliphatic heterocycles. The standard InChI is InChI=1S/C18H13ClN6O2/c19-12-7-10(6-11-8-21-25-13(11)12)15-14(9-4-2-1-3-5-9)22-16(17(26)23-15)24-18(20)27/h1-8H,(H,21,25)(H,23,26)(H3,20,22,24,27). The van der Waals surface area contributed by atoms with E-state index in [1.807, 2.05) is 36.4 Å². The summed E-state index contributed by atoms with van der Waals surface area (Å²) in [4.78, 5) is 19.8. The predicted molar refractivity (Wildman–Crippen MR) is 102 cm³/mol. The molecular formula is C18H13ClN6O2. The van der Waals surface area contributed by atoms with Crippen molar-refractivity contribution in [1.29, 1.82) is 0 Å². The average molecular weight is 381 g/mol. The van der Waals surface area contributed by atoms with Crippen molar-refractivity contribution in [2.45, 2.75) is 0 Å². The smallest absolute Gasteiger partial charge is 0.317 e. The Morgan fingerprint density at radius 2 is 1.85 bits per heavy atom. The molecule has 2 aromatic heterocycles. The molecule has 0 saturated carbocycles. The molecular weight excluding hydrogens is 368 g/mol. The number of hydrogen-bond donors (Lipinski definition) is 4. The molecule has 5 N–H and O–H groups in total. The molecule has 0 fully saturated rings. The molecule has 2 heterocycles. The molecule has 4 aromatic rings. The van der Waals surface area contributed by atoms with E-state index >= 15 is 0 Å². The number of nitrogens with zero attached hydrogens (tertiary/aromatic N) is 3. The van der Waals surface area contributed by atoms with Gasteiger partial charge in [0.25, 0.3) is 5.88 Å². The first-order chi connectivity index (χ1) is 13.0. The zero-order valence-electron chi connectivity index (χ0n) is 13.8. The molecule has 0 unspecified atom stereocenters. The molecule has 27 heavy (non-hydrogen) atoms. The van der Waals surface area contributed by atoms with Crippen molar-refractivity contribution < 1.29 is 9.90 Å². The van der Waals surface area contributed by atoms with Crippen molar-refractivity contribution in [3.05, 3.63) is 53.7 Å². The van der Waals surface area contributed by atoms with Gasteiger partial charge in [0.15, 0.2) is 5.82 Å². The maximum atomic E-state index is 11.2. The van der Waals surface area contributed by atoms with Gasteiger partial charge in [0.05, 0.1) is 22.4 Å². The maximum Gasteiger partial charge on any atom is 0.317 e. The highest BCUT2D eigenvalue weighted by Gasteiger charge is 2.18. The topological polar surface area (TPSA) is 130 Å². The number of carbonyl (C=O) groups excluding carboxylic acids is 1. The number of urea groups is 1. The fraction of sp³-hybridized carbons (Fsp3) is 0. The van der Waals surface area contributed by atoms with E-state index in [1.54, 1.807) is 12.3 Å². The number of H-pyrrole nitrogens is 1. The number of hydrogen-bond acceptors (Lipinski definition) is 5. The van der Waals surface area contributed by atoms with Crippen LogP contribution in [0.5, 0.6) is 5.88 Å². The molecule has 0 bridgehead atoms. The molecule has 2 aromatic carbocycles. The number of nitrogens with two attached hydrogens (primary N) is 1. The molecule has 0 aliphatic rings. The third-order valence-electron chi connectivity index (χ3n) is 3.94. The van der Waals surface area contributed by atoms with Gasteiger partial charge in [-0.25, -0.2) is 14.8 Å². The molecule has 2 amide bonds. The number of aromatic amines is 1. The highest BCUT2D eigenvalue weighted by Crippen LogP contribution is 2.36. The Balaban J connectivity index is 1.97. The third-order valence-corrected chi connectivity index (χ3v) is 4.24. The van der Waals surface area contributed by atoms with Gasteiger partial charge in [0, 0.05) is 16.5 Å². The van der Waals surface area contributed by atoms with Crippen molar-refractivity contribution in [1.82, 2.24) is 20.2 Å². The second kappa shape index (κ2) is 6.58. The van der Waals surface area contributed by atoms with Crippen LogP contribution in [0.3, 0.4) is 0 Å². The molecule has 8 nitrogen and oxygen atoms in total. The van der Waals surface area contributed by atoms with Crippen LogP contribution in [0.2, 0.25) is 5.02 Å². The molecule has 0 aliphatic carbocycles. The van der Waals surface area contributed by atoms with Crippen LogP contribution >= 0.6 is 11.6 Å². The van der Waals surface area contributed by atoms with Crippen LogP contribution in [0.4, 0.5) is 10.6 Å². The highest BCUT2D eigenvalue weighted by atomic mass is 35.5. The van der Waals surface area contributed by atoms with Gasteiger partial charge in [-0.15, -0.1) is 0 Å². The number of carbonyl (C=O) groups is 1. The average Bonchev–Trinajstić information content (AvgIpc) is 3.13. The SMILES string of the molecule is NC(=O)Nc1nc(-c2ccccc2)c(-c2cc(Cl)c3[nH]ncc3c2)nc1O. The lowest BCUT2D eigenvalue weighted by molar-refractivity contribution is 0.259. The summed E-state index contributed by atoms with van der Waals surface area (Å²) in [5, 5.41) is 20.6. The summed E-state index contributed by atoms with van der Waals surface area (Å²) >= 11 is 6.34. The number of primary amides is 1. The van der Waals surface area contributed by atoms with E-state index in [0.29, 0.717) is 27.5 Å². The van der Waals surface area contributed by atoms with Crippen molar-refractivity contribution in [2.75, 3.05) is 5.32 Å². The summed E-state index contributed by atoms with van der Waals surface area (Å²) in [5.74, 6) is -0.576. The first-order valence-corrected chi connectivity index (χ1v) is 8.26. The number of rotatable bonds is 3. The quantitative estimate of drug-likeness (QED) is 0.432.